The number of ether oxygens (including phenoxy) is 1. The van der Waals surface area contributed by atoms with E-state index in [2.05, 4.69) is 0 Å². The molecule has 10 heteroatoms. The number of hydrogen-bond acceptors (Lipinski definition) is 5. The lowest BCUT2D eigenvalue weighted by atomic mass is 9.66. The predicted molar refractivity (Wildman–Crippen MR) is 136 cm³/mol. The van der Waals surface area contributed by atoms with Gasteiger partial charge in [0.05, 0.1) is 27.7 Å². The highest BCUT2D eigenvalue weighted by atomic mass is 32.2. The van der Waals surface area contributed by atoms with Crippen molar-refractivity contribution >= 4 is 19.7 Å². The molecule has 0 unspecified atom stereocenters. The zero-order chi connectivity index (χ0) is 27.1. The molecule has 1 saturated carbocycles. The standard InChI is InChI=1S/C28H27F3O5S2/c29-17-19-8-10-22(11-9-19)38(34,35)28-15-4-5-20(14-16-37(32,33)21-6-2-1-3-7-21)23(28)18-36-27-25(31)13-12-24(30)26(27)28/h1-3,6-13,20,23H,4-5,14-18H2/t20-,23-,28-/m0/s1. The molecule has 5 rings (SSSR count). The Morgan fingerprint density at radius 2 is 1.55 bits per heavy atom. The van der Waals surface area contributed by atoms with Crippen LogP contribution >= 0.6 is 0 Å². The molecule has 1 aliphatic heterocycles. The first-order chi connectivity index (χ1) is 18.1. The van der Waals surface area contributed by atoms with Crippen molar-refractivity contribution in [3.63, 3.8) is 0 Å². The van der Waals surface area contributed by atoms with Crippen LogP contribution in [0.5, 0.6) is 5.75 Å². The normalized spacial score (nSPS) is 23.2. The molecule has 0 spiro atoms. The van der Waals surface area contributed by atoms with E-state index in [1.165, 1.54) is 36.4 Å². The Hall–Kier alpha value is -2.85. The monoisotopic (exact) mass is 564 g/mol. The van der Waals surface area contributed by atoms with Crippen molar-refractivity contribution in [2.45, 2.75) is 46.9 Å². The number of sulfone groups is 2. The van der Waals surface area contributed by atoms with Crippen LogP contribution in [0.3, 0.4) is 0 Å². The van der Waals surface area contributed by atoms with Crippen LogP contribution in [0.4, 0.5) is 13.2 Å². The van der Waals surface area contributed by atoms with Gasteiger partial charge in [-0.15, -0.1) is 0 Å². The van der Waals surface area contributed by atoms with Gasteiger partial charge in [-0.25, -0.2) is 30.0 Å². The van der Waals surface area contributed by atoms with Crippen molar-refractivity contribution in [1.82, 2.24) is 0 Å². The van der Waals surface area contributed by atoms with Crippen molar-refractivity contribution in [3.05, 3.63) is 89.5 Å². The minimum absolute atomic E-state index is 0.0174. The lowest BCUT2D eigenvalue weighted by molar-refractivity contribution is 0.0735. The van der Waals surface area contributed by atoms with Gasteiger partial charge >= 0.3 is 0 Å². The Balaban J connectivity index is 1.61. The summed E-state index contributed by atoms with van der Waals surface area (Å²) in [7, 11) is -8.01. The number of alkyl halides is 1. The Kier molecular flexibility index (Phi) is 7.06. The fourth-order valence-electron chi connectivity index (χ4n) is 6.05. The molecule has 1 fully saturated rings. The molecule has 0 N–H and O–H groups in total. The predicted octanol–water partition coefficient (Wildman–Crippen LogP) is 5.78. The average molecular weight is 565 g/mol. The molecule has 5 nitrogen and oxygen atoms in total. The van der Waals surface area contributed by atoms with Gasteiger partial charge in [-0.3, -0.25) is 0 Å². The minimum atomic E-state index is -4.36. The maximum atomic E-state index is 15.5. The number of benzene rings is 3. The van der Waals surface area contributed by atoms with E-state index >= 15 is 4.39 Å². The fraction of sp³-hybridized carbons (Fsp3) is 0.357. The van der Waals surface area contributed by atoms with Gasteiger partial charge < -0.3 is 4.74 Å². The maximum absolute atomic E-state index is 15.5. The largest absolute Gasteiger partial charge is 0.490 e. The first-order valence-electron chi connectivity index (χ1n) is 12.4. The topological polar surface area (TPSA) is 77.5 Å². The zero-order valence-electron chi connectivity index (χ0n) is 20.4. The fourth-order valence-corrected chi connectivity index (χ4v) is 9.92. The zero-order valence-corrected chi connectivity index (χ0v) is 22.1. The molecule has 2 aliphatic rings. The smallest absolute Gasteiger partial charge is 0.188 e. The van der Waals surface area contributed by atoms with E-state index in [1.54, 1.807) is 18.2 Å². The summed E-state index contributed by atoms with van der Waals surface area (Å²) in [5, 5.41) is 0. The molecule has 0 amide bonds. The van der Waals surface area contributed by atoms with Gasteiger partial charge in [-0.1, -0.05) is 36.8 Å². The van der Waals surface area contributed by atoms with E-state index in [0.29, 0.717) is 12.8 Å². The quantitative estimate of drug-likeness (QED) is 0.364. The summed E-state index contributed by atoms with van der Waals surface area (Å²) in [5.41, 5.74) is -0.0609. The number of halogens is 3. The molecule has 0 aromatic heterocycles. The molecule has 3 atom stereocenters. The molecule has 3 aromatic carbocycles. The highest BCUT2D eigenvalue weighted by molar-refractivity contribution is 7.92. The second-order valence-corrected chi connectivity index (χ2v) is 14.2. The molecular weight excluding hydrogens is 537 g/mol. The van der Waals surface area contributed by atoms with Crippen molar-refractivity contribution in [2.75, 3.05) is 12.4 Å². The van der Waals surface area contributed by atoms with Gasteiger partial charge in [-0.05, 0) is 67.1 Å². The van der Waals surface area contributed by atoms with Gasteiger partial charge in [0.25, 0.3) is 0 Å². The lowest BCUT2D eigenvalue weighted by Crippen LogP contribution is -2.54. The molecule has 1 aliphatic carbocycles. The van der Waals surface area contributed by atoms with E-state index < -0.39 is 60.3 Å². The molecule has 0 radical (unpaired) electrons. The molecule has 38 heavy (non-hydrogen) atoms. The van der Waals surface area contributed by atoms with Gasteiger partial charge in [0.15, 0.2) is 31.2 Å². The number of hydrogen-bond donors (Lipinski definition) is 0. The summed E-state index contributed by atoms with van der Waals surface area (Å²) in [6, 6.07) is 15.0. The third-order valence-corrected chi connectivity index (χ3v) is 12.2. The van der Waals surface area contributed by atoms with Gasteiger partial charge in [0, 0.05) is 5.92 Å². The maximum Gasteiger partial charge on any atom is 0.188 e. The van der Waals surface area contributed by atoms with Crippen LogP contribution in [0.2, 0.25) is 0 Å². The molecular formula is C28H27F3O5S2. The number of fused-ring (bicyclic) bond motifs is 3. The van der Waals surface area contributed by atoms with Crippen molar-refractivity contribution in [1.29, 1.82) is 0 Å². The van der Waals surface area contributed by atoms with Gasteiger partial charge in [0.1, 0.15) is 17.2 Å². The van der Waals surface area contributed by atoms with Crippen molar-refractivity contribution < 1.29 is 34.7 Å². The number of rotatable bonds is 7. The van der Waals surface area contributed by atoms with E-state index in [0.717, 1.165) is 12.1 Å². The van der Waals surface area contributed by atoms with Crippen LogP contribution in [0.25, 0.3) is 0 Å². The van der Waals surface area contributed by atoms with Crippen LogP contribution in [0.1, 0.15) is 36.8 Å². The Labute approximate surface area is 220 Å². The summed E-state index contributed by atoms with van der Waals surface area (Å²) >= 11 is 0. The lowest BCUT2D eigenvalue weighted by Gasteiger charge is -2.50. The minimum Gasteiger partial charge on any atom is -0.490 e. The molecule has 202 valence electrons. The van der Waals surface area contributed by atoms with E-state index in [4.69, 9.17) is 4.74 Å². The Morgan fingerprint density at radius 1 is 0.868 bits per heavy atom. The van der Waals surface area contributed by atoms with Crippen LogP contribution in [0, 0.1) is 23.5 Å². The average Bonchev–Trinajstić information content (AvgIpc) is 2.93. The first-order valence-corrected chi connectivity index (χ1v) is 15.5. The van der Waals surface area contributed by atoms with Crippen LogP contribution in [-0.2, 0) is 31.1 Å². The van der Waals surface area contributed by atoms with E-state index in [-0.39, 0.29) is 46.1 Å². The van der Waals surface area contributed by atoms with Gasteiger partial charge in [-0.2, -0.15) is 0 Å². The Bertz CT molecular complexity index is 1540. The second-order valence-electron chi connectivity index (χ2n) is 9.89. The van der Waals surface area contributed by atoms with Gasteiger partial charge in [0.2, 0.25) is 0 Å². The highest BCUT2D eigenvalue weighted by Gasteiger charge is 2.60. The summed E-state index contributed by atoms with van der Waals surface area (Å²) in [4.78, 5) is 0.0368. The van der Waals surface area contributed by atoms with Crippen LogP contribution in [-0.4, -0.2) is 29.2 Å². The van der Waals surface area contributed by atoms with Crippen molar-refractivity contribution in [2.24, 2.45) is 11.8 Å². The SMILES string of the molecule is O=S(=O)(CC[C@@H]1CCC[C@@]2(S(=O)(=O)c3ccc(CF)cc3)c3c(F)ccc(F)c3OC[C@@H]12)c1ccccc1. The van der Waals surface area contributed by atoms with E-state index in [1.807, 2.05) is 0 Å². The summed E-state index contributed by atoms with van der Waals surface area (Å²) in [6.45, 7) is -0.978. The highest BCUT2D eigenvalue weighted by Crippen LogP contribution is 2.58. The third kappa shape index (κ3) is 4.31. The summed E-state index contributed by atoms with van der Waals surface area (Å²) in [5.74, 6) is -3.68. The van der Waals surface area contributed by atoms with Crippen molar-refractivity contribution in [3.8, 4) is 5.75 Å². The second kappa shape index (κ2) is 10.0. The summed E-state index contributed by atoms with van der Waals surface area (Å²) < 4.78 is 102. The summed E-state index contributed by atoms with van der Waals surface area (Å²) in [6.07, 6.45) is 1.03. The molecule has 0 bridgehead atoms. The first kappa shape index (κ1) is 26.7. The molecule has 1 heterocycles. The Morgan fingerprint density at radius 3 is 2.24 bits per heavy atom. The van der Waals surface area contributed by atoms with Crippen LogP contribution in [0.15, 0.2) is 76.5 Å². The van der Waals surface area contributed by atoms with Crippen LogP contribution < -0.4 is 4.74 Å². The third-order valence-electron chi connectivity index (χ3n) is 7.91. The van der Waals surface area contributed by atoms with E-state index in [9.17, 15) is 25.6 Å². The molecule has 0 saturated heterocycles. The molecule has 3 aromatic rings.